The number of thioether (sulfide) groups is 1. The van der Waals surface area contributed by atoms with Gasteiger partial charge in [0.15, 0.2) is 0 Å². The average Bonchev–Trinajstić information content (AvgIpc) is 2.53. The first-order chi connectivity index (χ1) is 12.0. The second-order valence-corrected chi connectivity index (χ2v) is 9.04. The van der Waals surface area contributed by atoms with E-state index in [0.717, 1.165) is 31.7 Å². The zero-order chi connectivity index (χ0) is 19.5. The largest absolute Gasteiger partial charge is 0.444 e. The second-order valence-electron chi connectivity index (χ2n) is 7.67. The van der Waals surface area contributed by atoms with Crippen LogP contribution in [-0.2, 0) is 10.9 Å². The van der Waals surface area contributed by atoms with Crippen LogP contribution < -0.4 is 0 Å². The molecule has 0 radical (unpaired) electrons. The van der Waals surface area contributed by atoms with Gasteiger partial charge in [-0.1, -0.05) is 6.07 Å². The Bertz CT molecular complexity index is 620. The standard InChI is InChI=1S/C19H26F3NO2S/c1-18(2,3)25-17(24)23(4)14-8-10-15(11-9-14)26-16-7-5-6-13(12-16)19(20,21)22/h5-7,12,14-15H,8-11H2,1-4H3. The fourth-order valence-electron chi connectivity index (χ4n) is 2.97. The number of ether oxygens (including phenoxy) is 1. The summed E-state index contributed by atoms with van der Waals surface area (Å²) < 4.78 is 43.9. The fourth-order valence-corrected chi connectivity index (χ4v) is 4.22. The maximum absolute atomic E-state index is 12.8. The van der Waals surface area contributed by atoms with E-state index in [1.54, 1.807) is 18.0 Å². The van der Waals surface area contributed by atoms with Gasteiger partial charge < -0.3 is 9.64 Å². The molecule has 0 saturated heterocycles. The Kier molecular flexibility index (Phi) is 6.53. The highest BCUT2D eigenvalue weighted by Crippen LogP contribution is 2.37. The van der Waals surface area contributed by atoms with Crippen molar-refractivity contribution in [1.82, 2.24) is 4.90 Å². The lowest BCUT2D eigenvalue weighted by Crippen LogP contribution is -2.42. The molecule has 1 fully saturated rings. The minimum atomic E-state index is -4.32. The van der Waals surface area contributed by atoms with E-state index in [2.05, 4.69) is 0 Å². The normalized spacial score (nSPS) is 21.3. The Morgan fingerprint density at radius 1 is 1.15 bits per heavy atom. The lowest BCUT2D eigenvalue weighted by Gasteiger charge is -2.35. The first kappa shape index (κ1) is 20.9. The molecule has 1 aliphatic rings. The third-order valence-corrected chi connectivity index (χ3v) is 5.67. The molecule has 2 rings (SSSR count). The van der Waals surface area contributed by atoms with Gasteiger partial charge in [-0.3, -0.25) is 0 Å². The van der Waals surface area contributed by atoms with Gasteiger partial charge in [-0.15, -0.1) is 11.8 Å². The molecule has 0 N–H and O–H groups in total. The Hall–Kier alpha value is -1.37. The molecule has 0 unspecified atom stereocenters. The van der Waals surface area contributed by atoms with E-state index < -0.39 is 17.3 Å². The molecule has 0 bridgehead atoms. The summed E-state index contributed by atoms with van der Waals surface area (Å²) in [5, 5.41) is 0.266. The first-order valence-electron chi connectivity index (χ1n) is 8.75. The number of amides is 1. The van der Waals surface area contributed by atoms with Crippen molar-refractivity contribution in [1.29, 1.82) is 0 Å². The molecule has 1 aliphatic carbocycles. The summed E-state index contributed by atoms with van der Waals surface area (Å²) in [6.45, 7) is 5.50. The molecule has 0 heterocycles. The summed E-state index contributed by atoms with van der Waals surface area (Å²) in [6.07, 6.45) is -1.27. The number of carbonyl (C=O) groups excluding carboxylic acids is 1. The van der Waals surface area contributed by atoms with Crippen molar-refractivity contribution < 1.29 is 22.7 Å². The quantitative estimate of drug-likeness (QED) is 0.637. The van der Waals surface area contributed by atoms with Crippen LogP contribution >= 0.6 is 11.8 Å². The monoisotopic (exact) mass is 389 g/mol. The number of hydrogen-bond donors (Lipinski definition) is 0. The second kappa shape index (κ2) is 8.11. The van der Waals surface area contributed by atoms with Gasteiger partial charge in [0.1, 0.15) is 5.60 Å². The summed E-state index contributed by atoms with van der Waals surface area (Å²) in [5.74, 6) is 0. The maximum atomic E-state index is 12.8. The van der Waals surface area contributed by atoms with Crippen LogP contribution in [-0.4, -0.2) is 34.9 Å². The molecule has 3 nitrogen and oxygen atoms in total. The number of rotatable bonds is 3. The van der Waals surface area contributed by atoms with Crippen LogP contribution in [0.15, 0.2) is 29.2 Å². The van der Waals surface area contributed by atoms with Gasteiger partial charge >= 0.3 is 12.3 Å². The van der Waals surface area contributed by atoms with E-state index in [1.807, 2.05) is 20.8 Å². The summed E-state index contributed by atoms with van der Waals surface area (Å²) in [6, 6.07) is 5.59. The molecule has 1 aromatic carbocycles. The van der Waals surface area contributed by atoms with E-state index in [9.17, 15) is 18.0 Å². The Labute approximate surface area is 157 Å². The summed E-state index contributed by atoms with van der Waals surface area (Å²) in [7, 11) is 1.75. The molecule has 146 valence electrons. The molecule has 0 aliphatic heterocycles. The van der Waals surface area contributed by atoms with E-state index in [1.165, 1.54) is 23.9 Å². The minimum absolute atomic E-state index is 0.114. The van der Waals surface area contributed by atoms with Gasteiger partial charge in [-0.2, -0.15) is 13.2 Å². The van der Waals surface area contributed by atoms with Crippen molar-refractivity contribution in [2.24, 2.45) is 0 Å². The summed E-state index contributed by atoms with van der Waals surface area (Å²) >= 11 is 1.49. The average molecular weight is 389 g/mol. The molecular weight excluding hydrogens is 363 g/mol. The predicted octanol–water partition coefficient (Wildman–Crippen LogP) is 5.98. The zero-order valence-corrected chi connectivity index (χ0v) is 16.4. The van der Waals surface area contributed by atoms with E-state index in [4.69, 9.17) is 4.74 Å². The molecule has 1 aromatic rings. The molecule has 0 spiro atoms. The molecule has 0 aromatic heterocycles. The molecule has 26 heavy (non-hydrogen) atoms. The van der Waals surface area contributed by atoms with Gasteiger partial charge in [0.2, 0.25) is 0 Å². The molecule has 1 saturated carbocycles. The highest BCUT2D eigenvalue weighted by Gasteiger charge is 2.32. The molecule has 1 amide bonds. The Balaban J connectivity index is 1.88. The summed E-state index contributed by atoms with van der Waals surface area (Å²) in [4.78, 5) is 14.4. The minimum Gasteiger partial charge on any atom is -0.444 e. The van der Waals surface area contributed by atoms with Gasteiger partial charge in [0.05, 0.1) is 5.56 Å². The topological polar surface area (TPSA) is 29.5 Å². The SMILES string of the molecule is CN(C(=O)OC(C)(C)C)C1CCC(Sc2cccc(C(F)(F)F)c2)CC1. The van der Waals surface area contributed by atoms with Crippen molar-refractivity contribution in [3.63, 3.8) is 0 Å². The molecular formula is C19H26F3NO2S. The van der Waals surface area contributed by atoms with Gasteiger partial charge in [0, 0.05) is 23.2 Å². The lowest BCUT2D eigenvalue weighted by molar-refractivity contribution is -0.137. The lowest BCUT2D eigenvalue weighted by atomic mass is 9.94. The van der Waals surface area contributed by atoms with Crippen LogP contribution in [0.5, 0.6) is 0 Å². The highest BCUT2D eigenvalue weighted by atomic mass is 32.2. The number of alkyl halides is 3. The van der Waals surface area contributed by atoms with E-state index in [0.29, 0.717) is 4.90 Å². The van der Waals surface area contributed by atoms with E-state index >= 15 is 0 Å². The van der Waals surface area contributed by atoms with Gasteiger partial charge in [0.25, 0.3) is 0 Å². The van der Waals surface area contributed by atoms with Crippen LogP contribution in [0.3, 0.4) is 0 Å². The number of hydrogen-bond acceptors (Lipinski definition) is 3. The van der Waals surface area contributed by atoms with Gasteiger partial charge in [-0.05, 0) is 64.7 Å². The Morgan fingerprint density at radius 2 is 1.77 bits per heavy atom. The predicted molar refractivity (Wildman–Crippen MR) is 97.3 cm³/mol. The highest BCUT2D eigenvalue weighted by molar-refractivity contribution is 8.00. The Morgan fingerprint density at radius 3 is 2.31 bits per heavy atom. The van der Waals surface area contributed by atoms with E-state index in [-0.39, 0.29) is 17.4 Å². The van der Waals surface area contributed by atoms with Crippen molar-refractivity contribution in [3.05, 3.63) is 29.8 Å². The third kappa shape index (κ3) is 6.11. The van der Waals surface area contributed by atoms with Crippen LogP contribution in [0.4, 0.5) is 18.0 Å². The number of benzene rings is 1. The zero-order valence-electron chi connectivity index (χ0n) is 15.6. The number of nitrogens with zero attached hydrogens (tertiary/aromatic N) is 1. The van der Waals surface area contributed by atoms with Crippen molar-refractivity contribution in [2.75, 3.05) is 7.05 Å². The third-order valence-electron chi connectivity index (χ3n) is 4.34. The number of carbonyl (C=O) groups is 1. The van der Waals surface area contributed by atoms with Crippen molar-refractivity contribution in [3.8, 4) is 0 Å². The van der Waals surface area contributed by atoms with Crippen LogP contribution in [0, 0.1) is 0 Å². The van der Waals surface area contributed by atoms with Crippen molar-refractivity contribution >= 4 is 17.9 Å². The van der Waals surface area contributed by atoms with Crippen LogP contribution in [0.2, 0.25) is 0 Å². The smallest absolute Gasteiger partial charge is 0.416 e. The van der Waals surface area contributed by atoms with Crippen molar-refractivity contribution in [2.45, 2.75) is 74.4 Å². The first-order valence-corrected chi connectivity index (χ1v) is 9.63. The van der Waals surface area contributed by atoms with Crippen LogP contribution in [0.1, 0.15) is 52.0 Å². The fraction of sp³-hybridized carbons (Fsp3) is 0.632. The van der Waals surface area contributed by atoms with Crippen LogP contribution in [0.25, 0.3) is 0 Å². The molecule has 7 heteroatoms. The van der Waals surface area contributed by atoms with Gasteiger partial charge in [-0.25, -0.2) is 4.79 Å². The number of halogens is 3. The summed E-state index contributed by atoms with van der Waals surface area (Å²) in [5.41, 5.74) is -1.14. The molecule has 0 atom stereocenters. The maximum Gasteiger partial charge on any atom is 0.416 e.